The second-order valence-corrected chi connectivity index (χ2v) is 8.40. The van der Waals surface area contributed by atoms with Crippen LogP contribution in [0.5, 0.6) is 0 Å². The van der Waals surface area contributed by atoms with E-state index in [9.17, 15) is 9.59 Å². The average molecular weight is 353 g/mol. The van der Waals surface area contributed by atoms with Gasteiger partial charge in [0.25, 0.3) is 0 Å². The standard InChI is InChI=1S/C18H28N2O3S/c1-13-11-15(14(2)24-13)16(21)5-6-17(22)19-12-18(3,4)20-7-9-23-10-8-20/h11H,5-10,12H2,1-4H3,(H,19,22). The smallest absolute Gasteiger partial charge is 0.220 e. The van der Waals surface area contributed by atoms with Crippen LogP contribution < -0.4 is 5.32 Å². The lowest BCUT2D eigenvalue weighted by Crippen LogP contribution is -2.55. The van der Waals surface area contributed by atoms with E-state index >= 15 is 0 Å². The Kier molecular flexibility index (Phi) is 6.54. The van der Waals surface area contributed by atoms with Crippen LogP contribution in [0.1, 0.15) is 46.8 Å². The summed E-state index contributed by atoms with van der Waals surface area (Å²) < 4.78 is 5.37. The van der Waals surface area contributed by atoms with Crippen LogP contribution in [-0.2, 0) is 9.53 Å². The second kappa shape index (κ2) is 8.23. The number of thiophene rings is 1. The average Bonchev–Trinajstić information content (AvgIpc) is 2.90. The third-order valence-electron chi connectivity index (χ3n) is 4.51. The molecule has 134 valence electrons. The number of ether oxygens (including phenoxy) is 1. The predicted molar refractivity (Wildman–Crippen MR) is 96.8 cm³/mol. The van der Waals surface area contributed by atoms with Crippen molar-refractivity contribution in [3.63, 3.8) is 0 Å². The van der Waals surface area contributed by atoms with Crippen molar-refractivity contribution >= 4 is 23.0 Å². The summed E-state index contributed by atoms with van der Waals surface area (Å²) in [6.45, 7) is 12.0. The van der Waals surface area contributed by atoms with Crippen molar-refractivity contribution in [2.45, 2.75) is 46.1 Å². The maximum Gasteiger partial charge on any atom is 0.220 e. The van der Waals surface area contributed by atoms with Crippen LogP contribution in [0.25, 0.3) is 0 Å². The fourth-order valence-electron chi connectivity index (χ4n) is 2.95. The van der Waals surface area contributed by atoms with Gasteiger partial charge in [-0.15, -0.1) is 11.3 Å². The third-order valence-corrected chi connectivity index (χ3v) is 5.47. The lowest BCUT2D eigenvalue weighted by Gasteiger charge is -2.40. The summed E-state index contributed by atoms with van der Waals surface area (Å²) in [5.41, 5.74) is 0.656. The van der Waals surface area contributed by atoms with Gasteiger partial charge in [-0.3, -0.25) is 14.5 Å². The van der Waals surface area contributed by atoms with E-state index in [1.54, 1.807) is 11.3 Å². The van der Waals surface area contributed by atoms with Crippen molar-refractivity contribution in [2.75, 3.05) is 32.8 Å². The number of Topliss-reactive ketones (excluding diaryl/α,β-unsaturated/α-hetero) is 1. The molecule has 0 unspecified atom stereocenters. The van der Waals surface area contributed by atoms with Gasteiger partial charge in [-0.25, -0.2) is 0 Å². The molecule has 0 aliphatic carbocycles. The summed E-state index contributed by atoms with van der Waals surface area (Å²) in [5.74, 6) is -0.00581. The minimum Gasteiger partial charge on any atom is -0.379 e. The maximum absolute atomic E-state index is 12.2. The maximum atomic E-state index is 12.2. The first-order valence-electron chi connectivity index (χ1n) is 8.49. The molecule has 1 aliphatic rings. The molecule has 1 aliphatic heterocycles. The fraction of sp³-hybridized carbons (Fsp3) is 0.667. The summed E-state index contributed by atoms with van der Waals surface area (Å²) in [6, 6.07) is 1.92. The molecular weight excluding hydrogens is 324 g/mol. The van der Waals surface area contributed by atoms with Gasteiger partial charge in [-0.05, 0) is 33.8 Å². The highest BCUT2D eigenvalue weighted by Crippen LogP contribution is 2.22. The number of carbonyl (C=O) groups is 2. The zero-order valence-corrected chi connectivity index (χ0v) is 15.9. The molecule has 6 heteroatoms. The Bertz CT molecular complexity index is 589. The first-order chi connectivity index (χ1) is 11.3. The van der Waals surface area contributed by atoms with Crippen molar-refractivity contribution in [3.8, 4) is 0 Å². The van der Waals surface area contributed by atoms with Crippen LogP contribution in [-0.4, -0.2) is 55.0 Å². The molecule has 0 aromatic carbocycles. The topological polar surface area (TPSA) is 58.6 Å². The Balaban J connectivity index is 1.76. The summed E-state index contributed by atoms with van der Waals surface area (Å²) in [4.78, 5) is 28.8. The third kappa shape index (κ3) is 5.13. The van der Waals surface area contributed by atoms with E-state index in [4.69, 9.17) is 4.74 Å². The van der Waals surface area contributed by atoms with Crippen molar-refractivity contribution in [2.24, 2.45) is 0 Å². The van der Waals surface area contributed by atoms with Gasteiger partial charge in [-0.2, -0.15) is 0 Å². The van der Waals surface area contributed by atoms with E-state index in [0.717, 1.165) is 41.6 Å². The molecule has 2 heterocycles. The van der Waals surface area contributed by atoms with Crippen LogP contribution in [0.4, 0.5) is 0 Å². The number of rotatable bonds is 7. The monoisotopic (exact) mass is 352 g/mol. The van der Waals surface area contributed by atoms with Crippen LogP contribution >= 0.6 is 11.3 Å². The van der Waals surface area contributed by atoms with E-state index in [1.807, 2.05) is 19.9 Å². The molecule has 1 amide bonds. The molecule has 0 bridgehead atoms. The molecular formula is C18H28N2O3S. The first-order valence-corrected chi connectivity index (χ1v) is 9.31. The lowest BCUT2D eigenvalue weighted by molar-refractivity contribution is -0.121. The van der Waals surface area contributed by atoms with Gasteiger partial charge in [0.05, 0.1) is 13.2 Å². The van der Waals surface area contributed by atoms with Gasteiger partial charge in [0.1, 0.15) is 0 Å². The van der Waals surface area contributed by atoms with Crippen LogP contribution in [0, 0.1) is 13.8 Å². The number of nitrogens with one attached hydrogen (secondary N) is 1. The molecule has 0 saturated carbocycles. The Labute approximate surface area is 148 Å². The number of hydrogen-bond donors (Lipinski definition) is 1. The Morgan fingerprint density at radius 1 is 1.25 bits per heavy atom. The Morgan fingerprint density at radius 2 is 1.92 bits per heavy atom. The highest BCUT2D eigenvalue weighted by molar-refractivity contribution is 7.12. The number of ketones is 1. The summed E-state index contributed by atoms with van der Waals surface area (Å²) >= 11 is 1.62. The second-order valence-electron chi connectivity index (χ2n) is 6.94. The van der Waals surface area contributed by atoms with Gasteiger partial charge in [0, 0.05) is 53.3 Å². The Hall–Kier alpha value is -1.24. The van der Waals surface area contributed by atoms with Gasteiger partial charge in [-0.1, -0.05) is 0 Å². The van der Waals surface area contributed by atoms with Gasteiger partial charge >= 0.3 is 0 Å². The van der Waals surface area contributed by atoms with Crippen molar-refractivity contribution < 1.29 is 14.3 Å². The molecule has 1 saturated heterocycles. The zero-order valence-electron chi connectivity index (χ0n) is 15.1. The largest absolute Gasteiger partial charge is 0.379 e. The minimum absolute atomic E-state index is 0.0550. The van der Waals surface area contributed by atoms with Gasteiger partial charge in [0.15, 0.2) is 5.78 Å². The van der Waals surface area contributed by atoms with Crippen molar-refractivity contribution in [1.29, 1.82) is 0 Å². The molecule has 5 nitrogen and oxygen atoms in total. The number of nitrogens with zero attached hydrogens (tertiary/aromatic N) is 1. The SMILES string of the molecule is Cc1cc(C(=O)CCC(=O)NCC(C)(C)N2CCOCC2)c(C)s1. The van der Waals surface area contributed by atoms with Crippen LogP contribution in [0.2, 0.25) is 0 Å². The molecule has 0 radical (unpaired) electrons. The molecule has 1 aromatic rings. The summed E-state index contributed by atoms with van der Waals surface area (Å²) in [6.07, 6.45) is 0.507. The van der Waals surface area contributed by atoms with E-state index < -0.39 is 0 Å². The first kappa shape index (κ1) is 19.1. The van der Waals surface area contributed by atoms with Crippen LogP contribution in [0.15, 0.2) is 6.07 Å². The normalized spacial score (nSPS) is 16.2. The van der Waals surface area contributed by atoms with E-state index in [0.29, 0.717) is 6.54 Å². The zero-order chi connectivity index (χ0) is 17.7. The molecule has 1 N–H and O–H groups in total. The molecule has 0 spiro atoms. The number of amides is 1. The summed E-state index contributed by atoms with van der Waals surface area (Å²) in [5, 5.41) is 2.98. The van der Waals surface area contributed by atoms with Crippen LogP contribution in [0.3, 0.4) is 0 Å². The lowest BCUT2D eigenvalue weighted by atomic mass is 10.0. The molecule has 0 atom stereocenters. The van der Waals surface area contributed by atoms with E-state index in [-0.39, 0.29) is 30.1 Å². The van der Waals surface area contributed by atoms with Gasteiger partial charge in [0.2, 0.25) is 5.91 Å². The quantitative estimate of drug-likeness (QED) is 0.766. The van der Waals surface area contributed by atoms with Crippen molar-refractivity contribution in [3.05, 3.63) is 21.4 Å². The number of carbonyl (C=O) groups excluding carboxylic acids is 2. The highest BCUT2D eigenvalue weighted by Gasteiger charge is 2.28. The van der Waals surface area contributed by atoms with Crippen molar-refractivity contribution in [1.82, 2.24) is 10.2 Å². The number of morpholine rings is 1. The Morgan fingerprint density at radius 3 is 2.50 bits per heavy atom. The molecule has 1 fully saturated rings. The van der Waals surface area contributed by atoms with E-state index in [1.165, 1.54) is 0 Å². The predicted octanol–water partition coefficient (Wildman–Crippen LogP) is 2.55. The molecule has 1 aromatic heterocycles. The fourth-order valence-corrected chi connectivity index (χ4v) is 3.90. The minimum atomic E-state index is -0.107. The molecule has 24 heavy (non-hydrogen) atoms. The molecule has 2 rings (SSSR count). The van der Waals surface area contributed by atoms with Gasteiger partial charge < -0.3 is 10.1 Å². The number of hydrogen-bond acceptors (Lipinski definition) is 5. The highest BCUT2D eigenvalue weighted by atomic mass is 32.1. The summed E-state index contributed by atoms with van der Waals surface area (Å²) in [7, 11) is 0. The number of aryl methyl sites for hydroxylation is 2. The van der Waals surface area contributed by atoms with E-state index in [2.05, 4.69) is 24.1 Å².